The van der Waals surface area contributed by atoms with Crippen LogP contribution in [-0.2, 0) is 4.74 Å². The Balaban J connectivity index is 2.37. The zero-order valence-corrected chi connectivity index (χ0v) is 11.3. The Bertz CT molecular complexity index is 181. The minimum Gasteiger partial charge on any atom is -0.383 e. The maximum Gasteiger partial charge on any atom is 0.0589 e. The van der Waals surface area contributed by atoms with Gasteiger partial charge in [-0.25, -0.2) is 0 Å². The molecule has 0 saturated heterocycles. The Morgan fingerprint density at radius 1 is 1.38 bits per heavy atom. The van der Waals surface area contributed by atoms with Crippen LogP contribution in [0.5, 0.6) is 0 Å². The van der Waals surface area contributed by atoms with Crippen LogP contribution >= 0.6 is 0 Å². The van der Waals surface area contributed by atoms with E-state index in [0.717, 1.165) is 25.7 Å². The molecule has 3 heteroatoms. The van der Waals surface area contributed by atoms with E-state index in [1.807, 2.05) is 0 Å². The average molecular weight is 228 g/mol. The van der Waals surface area contributed by atoms with Gasteiger partial charge in [-0.1, -0.05) is 20.8 Å². The predicted molar refractivity (Wildman–Crippen MR) is 68.8 cm³/mol. The van der Waals surface area contributed by atoms with Gasteiger partial charge in [0.2, 0.25) is 0 Å². The Hall–Kier alpha value is -0.120. The van der Waals surface area contributed by atoms with E-state index in [0.29, 0.717) is 12.0 Å². The van der Waals surface area contributed by atoms with Gasteiger partial charge in [-0.15, -0.1) is 0 Å². The summed E-state index contributed by atoms with van der Waals surface area (Å²) in [6.45, 7) is 10.9. The molecule has 1 saturated carbocycles. The van der Waals surface area contributed by atoms with Gasteiger partial charge in [0, 0.05) is 32.3 Å². The molecule has 0 spiro atoms. The molecule has 0 bridgehead atoms. The van der Waals surface area contributed by atoms with E-state index in [4.69, 9.17) is 4.74 Å². The van der Waals surface area contributed by atoms with Crippen molar-refractivity contribution in [1.82, 2.24) is 10.2 Å². The number of likely N-dealkylation sites (N-methyl/N-ethyl adjacent to an activating group) is 1. The molecule has 1 unspecified atom stereocenters. The molecule has 16 heavy (non-hydrogen) atoms. The van der Waals surface area contributed by atoms with Crippen molar-refractivity contribution >= 4 is 0 Å². The van der Waals surface area contributed by atoms with Crippen LogP contribution in [0.15, 0.2) is 0 Å². The number of hydrogen-bond donors (Lipinski definition) is 1. The minimum absolute atomic E-state index is 0.613. The zero-order chi connectivity index (χ0) is 12.0. The van der Waals surface area contributed by atoms with Gasteiger partial charge in [-0.2, -0.15) is 0 Å². The van der Waals surface area contributed by atoms with Crippen LogP contribution < -0.4 is 5.32 Å². The molecule has 0 radical (unpaired) electrons. The molecule has 1 aliphatic rings. The molecule has 0 aromatic carbocycles. The van der Waals surface area contributed by atoms with Crippen molar-refractivity contribution in [2.75, 3.05) is 33.4 Å². The zero-order valence-electron chi connectivity index (χ0n) is 11.3. The van der Waals surface area contributed by atoms with Crippen LogP contribution in [0.4, 0.5) is 0 Å². The summed E-state index contributed by atoms with van der Waals surface area (Å²) in [5.74, 6) is 0.698. The van der Waals surface area contributed by atoms with Crippen molar-refractivity contribution in [2.45, 2.75) is 45.7 Å². The molecule has 0 heterocycles. The second-order valence-corrected chi connectivity index (χ2v) is 5.13. The second-order valence-electron chi connectivity index (χ2n) is 5.13. The van der Waals surface area contributed by atoms with Crippen LogP contribution in [0.3, 0.4) is 0 Å². The number of methoxy groups -OCH3 is 1. The number of ether oxygens (including phenoxy) is 1. The van der Waals surface area contributed by atoms with Gasteiger partial charge in [0.05, 0.1) is 6.61 Å². The van der Waals surface area contributed by atoms with Crippen LogP contribution in [-0.4, -0.2) is 50.3 Å². The summed E-state index contributed by atoms with van der Waals surface area (Å²) >= 11 is 0. The average Bonchev–Trinajstić information content (AvgIpc) is 3.06. The highest BCUT2D eigenvalue weighted by atomic mass is 16.5. The van der Waals surface area contributed by atoms with Gasteiger partial charge in [0.25, 0.3) is 0 Å². The Kier molecular flexibility index (Phi) is 6.32. The summed E-state index contributed by atoms with van der Waals surface area (Å²) in [4.78, 5) is 2.59. The third kappa shape index (κ3) is 4.81. The molecule has 1 atom stereocenters. The maximum absolute atomic E-state index is 5.19. The third-order valence-corrected chi connectivity index (χ3v) is 3.35. The number of nitrogens with one attached hydrogen (secondary N) is 1. The molecule has 1 aliphatic carbocycles. The van der Waals surface area contributed by atoms with E-state index >= 15 is 0 Å². The molecular formula is C13H28N2O. The van der Waals surface area contributed by atoms with Gasteiger partial charge in [-0.3, -0.25) is 4.90 Å². The number of nitrogens with zero attached hydrogens (tertiary/aromatic N) is 1. The highest BCUT2D eigenvalue weighted by Gasteiger charge is 2.30. The SMILES string of the molecule is CCNC(CN(CCOC)C1CC1)C(C)C. The van der Waals surface area contributed by atoms with E-state index in [1.165, 1.54) is 19.4 Å². The summed E-state index contributed by atoms with van der Waals surface area (Å²) < 4.78 is 5.19. The lowest BCUT2D eigenvalue weighted by atomic mass is 10.0. The molecule has 1 fully saturated rings. The topological polar surface area (TPSA) is 24.5 Å². The first-order chi connectivity index (χ1) is 7.69. The van der Waals surface area contributed by atoms with Crippen molar-refractivity contribution < 1.29 is 4.74 Å². The fraction of sp³-hybridized carbons (Fsp3) is 1.00. The monoisotopic (exact) mass is 228 g/mol. The van der Waals surface area contributed by atoms with Gasteiger partial charge in [-0.05, 0) is 25.3 Å². The maximum atomic E-state index is 5.19. The largest absolute Gasteiger partial charge is 0.383 e. The molecule has 1 rings (SSSR count). The van der Waals surface area contributed by atoms with Gasteiger partial charge in [0.15, 0.2) is 0 Å². The molecule has 96 valence electrons. The van der Waals surface area contributed by atoms with Crippen LogP contribution in [0, 0.1) is 5.92 Å². The first kappa shape index (κ1) is 13.9. The lowest BCUT2D eigenvalue weighted by molar-refractivity contribution is 0.130. The molecule has 0 aromatic heterocycles. The van der Waals surface area contributed by atoms with Crippen LogP contribution in [0.25, 0.3) is 0 Å². The van der Waals surface area contributed by atoms with Crippen LogP contribution in [0.2, 0.25) is 0 Å². The Labute approximate surface area is 101 Å². The molecular weight excluding hydrogens is 200 g/mol. The van der Waals surface area contributed by atoms with Gasteiger partial charge < -0.3 is 10.1 Å². The van der Waals surface area contributed by atoms with E-state index in [-0.39, 0.29) is 0 Å². The van der Waals surface area contributed by atoms with E-state index in [2.05, 4.69) is 31.0 Å². The summed E-state index contributed by atoms with van der Waals surface area (Å²) in [6, 6.07) is 1.44. The molecule has 0 aromatic rings. The summed E-state index contributed by atoms with van der Waals surface area (Å²) in [6.07, 6.45) is 2.75. The van der Waals surface area contributed by atoms with Gasteiger partial charge >= 0.3 is 0 Å². The standard InChI is InChI=1S/C13H28N2O/c1-5-14-13(11(2)3)10-15(8-9-16-4)12-6-7-12/h11-14H,5-10H2,1-4H3. The fourth-order valence-electron chi connectivity index (χ4n) is 2.10. The predicted octanol–water partition coefficient (Wildman–Crippen LogP) is 1.73. The molecule has 1 N–H and O–H groups in total. The van der Waals surface area contributed by atoms with E-state index in [1.54, 1.807) is 7.11 Å². The lowest BCUT2D eigenvalue weighted by Crippen LogP contribution is -2.45. The quantitative estimate of drug-likeness (QED) is 0.650. The first-order valence-corrected chi connectivity index (χ1v) is 6.65. The highest BCUT2D eigenvalue weighted by molar-refractivity contribution is 4.87. The number of rotatable bonds is 9. The third-order valence-electron chi connectivity index (χ3n) is 3.35. The second kappa shape index (κ2) is 7.25. The Morgan fingerprint density at radius 3 is 2.50 bits per heavy atom. The van der Waals surface area contributed by atoms with Crippen molar-refractivity contribution in [3.05, 3.63) is 0 Å². The molecule has 0 aliphatic heterocycles. The van der Waals surface area contributed by atoms with Crippen LogP contribution in [0.1, 0.15) is 33.6 Å². The summed E-state index contributed by atoms with van der Waals surface area (Å²) in [5, 5.41) is 3.59. The molecule has 0 amide bonds. The lowest BCUT2D eigenvalue weighted by Gasteiger charge is -2.30. The van der Waals surface area contributed by atoms with Gasteiger partial charge in [0.1, 0.15) is 0 Å². The van der Waals surface area contributed by atoms with Crippen molar-refractivity contribution in [3.8, 4) is 0 Å². The normalized spacial score (nSPS) is 18.4. The van der Waals surface area contributed by atoms with E-state index < -0.39 is 0 Å². The van der Waals surface area contributed by atoms with Crippen molar-refractivity contribution in [2.24, 2.45) is 5.92 Å². The minimum atomic E-state index is 0.613. The van der Waals surface area contributed by atoms with Crippen molar-refractivity contribution in [1.29, 1.82) is 0 Å². The smallest absolute Gasteiger partial charge is 0.0589 e. The Morgan fingerprint density at radius 2 is 2.06 bits per heavy atom. The fourth-order valence-corrected chi connectivity index (χ4v) is 2.10. The molecule has 3 nitrogen and oxygen atoms in total. The highest BCUT2D eigenvalue weighted by Crippen LogP contribution is 2.27. The summed E-state index contributed by atoms with van der Waals surface area (Å²) in [5.41, 5.74) is 0. The first-order valence-electron chi connectivity index (χ1n) is 6.65. The summed E-state index contributed by atoms with van der Waals surface area (Å²) in [7, 11) is 1.79. The van der Waals surface area contributed by atoms with Crippen molar-refractivity contribution in [3.63, 3.8) is 0 Å². The number of hydrogen-bond acceptors (Lipinski definition) is 3. The van der Waals surface area contributed by atoms with E-state index in [9.17, 15) is 0 Å².